The maximum Gasteiger partial charge on any atom is 0.129 e. The SMILES string of the molecule is CNC(c1cc(C)c(Br)s1)c1ccc(Br)cc1F. The molecular weight excluding hydrogens is 381 g/mol. The summed E-state index contributed by atoms with van der Waals surface area (Å²) in [4.78, 5) is 1.10. The first-order chi connectivity index (χ1) is 8.52. The lowest BCUT2D eigenvalue weighted by Crippen LogP contribution is -2.17. The molecule has 0 amide bonds. The van der Waals surface area contributed by atoms with Crippen molar-refractivity contribution >= 4 is 43.2 Å². The van der Waals surface area contributed by atoms with Gasteiger partial charge in [0, 0.05) is 14.9 Å². The minimum Gasteiger partial charge on any atom is -0.309 e. The maximum atomic E-state index is 14.0. The normalized spacial score (nSPS) is 12.7. The molecule has 0 bridgehead atoms. The molecule has 1 aromatic heterocycles. The molecule has 0 aliphatic rings. The molecule has 0 aliphatic heterocycles. The van der Waals surface area contributed by atoms with Gasteiger partial charge in [-0.15, -0.1) is 11.3 Å². The fourth-order valence-electron chi connectivity index (χ4n) is 1.81. The van der Waals surface area contributed by atoms with Gasteiger partial charge in [-0.05, 0) is 53.7 Å². The number of hydrogen-bond acceptors (Lipinski definition) is 2. The van der Waals surface area contributed by atoms with Crippen LogP contribution in [0.4, 0.5) is 4.39 Å². The molecule has 1 unspecified atom stereocenters. The van der Waals surface area contributed by atoms with E-state index in [0.717, 1.165) is 13.1 Å². The van der Waals surface area contributed by atoms with Gasteiger partial charge < -0.3 is 5.32 Å². The molecule has 2 rings (SSSR count). The zero-order valence-electron chi connectivity index (χ0n) is 9.93. The van der Waals surface area contributed by atoms with Crippen LogP contribution in [0.3, 0.4) is 0 Å². The highest BCUT2D eigenvalue weighted by atomic mass is 79.9. The Balaban J connectivity index is 2.45. The second-order valence-corrected chi connectivity index (χ2v) is 7.31. The Labute approximate surface area is 127 Å². The molecule has 0 aliphatic carbocycles. The number of aryl methyl sites for hydroxylation is 1. The lowest BCUT2D eigenvalue weighted by Gasteiger charge is -2.16. The third kappa shape index (κ3) is 2.85. The molecule has 1 N–H and O–H groups in total. The van der Waals surface area contributed by atoms with Crippen LogP contribution in [0.2, 0.25) is 0 Å². The van der Waals surface area contributed by atoms with Crippen molar-refractivity contribution in [2.24, 2.45) is 0 Å². The molecule has 0 saturated heterocycles. The van der Waals surface area contributed by atoms with E-state index in [9.17, 15) is 4.39 Å². The van der Waals surface area contributed by atoms with Gasteiger partial charge in [-0.25, -0.2) is 4.39 Å². The summed E-state index contributed by atoms with van der Waals surface area (Å²) >= 11 is 8.41. The standard InChI is InChI=1S/C13H12Br2FNS/c1-7-5-11(18-13(7)15)12(17-2)9-4-3-8(14)6-10(9)16/h3-6,12,17H,1-2H3. The first-order valence-electron chi connectivity index (χ1n) is 5.41. The predicted octanol–water partition coefficient (Wildman–Crippen LogP) is 5.03. The zero-order chi connectivity index (χ0) is 13.3. The Kier molecular flexibility index (Phi) is 4.59. The minimum absolute atomic E-state index is 0.118. The molecule has 0 fully saturated rings. The van der Waals surface area contributed by atoms with Crippen LogP contribution in [-0.4, -0.2) is 7.05 Å². The van der Waals surface area contributed by atoms with Crippen LogP contribution in [0, 0.1) is 12.7 Å². The van der Waals surface area contributed by atoms with Gasteiger partial charge in [-0.3, -0.25) is 0 Å². The molecule has 1 aromatic carbocycles. The van der Waals surface area contributed by atoms with E-state index in [-0.39, 0.29) is 11.9 Å². The number of hydrogen-bond donors (Lipinski definition) is 1. The third-order valence-corrected chi connectivity index (χ3v) is 5.42. The van der Waals surface area contributed by atoms with Crippen molar-refractivity contribution in [3.05, 3.63) is 54.3 Å². The first-order valence-corrected chi connectivity index (χ1v) is 7.81. The molecule has 0 radical (unpaired) electrons. The van der Waals surface area contributed by atoms with E-state index in [1.54, 1.807) is 11.3 Å². The molecule has 96 valence electrons. The smallest absolute Gasteiger partial charge is 0.129 e. The van der Waals surface area contributed by atoms with Gasteiger partial charge in [0.05, 0.1) is 9.83 Å². The number of nitrogens with one attached hydrogen (secondary N) is 1. The van der Waals surface area contributed by atoms with Crippen molar-refractivity contribution in [3.63, 3.8) is 0 Å². The largest absolute Gasteiger partial charge is 0.309 e. The van der Waals surface area contributed by atoms with Gasteiger partial charge in [0.1, 0.15) is 5.82 Å². The molecule has 2 aromatic rings. The van der Waals surface area contributed by atoms with E-state index >= 15 is 0 Å². The molecule has 0 spiro atoms. The average Bonchev–Trinajstić information content (AvgIpc) is 2.63. The summed E-state index contributed by atoms with van der Waals surface area (Å²) in [6.07, 6.45) is 0. The molecule has 18 heavy (non-hydrogen) atoms. The van der Waals surface area contributed by atoms with Crippen LogP contribution in [0.1, 0.15) is 22.0 Å². The van der Waals surface area contributed by atoms with E-state index in [1.807, 2.05) is 26.1 Å². The fourth-order valence-corrected chi connectivity index (χ4v) is 3.85. The van der Waals surface area contributed by atoms with E-state index in [4.69, 9.17) is 0 Å². The van der Waals surface area contributed by atoms with Crippen LogP contribution in [0.15, 0.2) is 32.5 Å². The maximum absolute atomic E-state index is 14.0. The van der Waals surface area contributed by atoms with Crippen LogP contribution in [0.25, 0.3) is 0 Å². The molecule has 5 heteroatoms. The molecule has 1 nitrogen and oxygen atoms in total. The summed E-state index contributed by atoms with van der Waals surface area (Å²) < 4.78 is 15.8. The van der Waals surface area contributed by atoms with E-state index < -0.39 is 0 Å². The summed E-state index contributed by atoms with van der Waals surface area (Å²) in [5, 5.41) is 3.17. The number of halogens is 3. The summed E-state index contributed by atoms with van der Waals surface area (Å²) in [6.45, 7) is 2.04. The molecule has 1 atom stereocenters. The minimum atomic E-state index is -0.203. The molecule has 0 saturated carbocycles. The van der Waals surface area contributed by atoms with Gasteiger partial charge >= 0.3 is 0 Å². The second-order valence-electron chi connectivity index (χ2n) is 3.99. The van der Waals surface area contributed by atoms with Gasteiger partial charge in [0.2, 0.25) is 0 Å². The van der Waals surface area contributed by atoms with Crippen molar-refractivity contribution in [2.75, 3.05) is 7.05 Å². The topological polar surface area (TPSA) is 12.0 Å². The van der Waals surface area contributed by atoms with E-state index in [1.165, 1.54) is 11.6 Å². The number of benzene rings is 1. The summed E-state index contributed by atoms with van der Waals surface area (Å²) in [6, 6.07) is 7.13. The van der Waals surface area contributed by atoms with Crippen molar-refractivity contribution in [1.82, 2.24) is 5.32 Å². The summed E-state index contributed by atoms with van der Waals surface area (Å²) in [5.74, 6) is -0.203. The molecule has 1 heterocycles. The van der Waals surface area contributed by atoms with Crippen molar-refractivity contribution in [2.45, 2.75) is 13.0 Å². The van der Waals surface area contributed by atoms with Crippen molar-refractivity contribution < 1.29 is 4.39 Å². The van der Waals surface area contributed by atoms with Crippen LogP contribution >= 0.6 is 43.2 Å². The second kappa shape index (κ2) is 5.82. The Bertz CT molecular complexity index is 549. The average molecular weight is 393 g/mol. The fraction of sp³-hybridized carbons (Fsp3) is 0.231. The Morgan fingerprint density at radius 1 is 1.28 bits per heavy atom. The zero-order valence-corrected chi connectivity index (χ0v) is 13.9. The Morgan fingerprint density at radius 2 is 2.00 bits per heavy atom. The number of rotatable bonds is 3. The third-order valence-electron chi connectivity index (χ3n) is 2.72. The van der Waals surface area contributed by atoms with E-state index in [2.05, 4.69) is 43.2 Å². The van der Waals surface area contributed by atoms with Crippen LogP contribution in [-0.2, 0) is 0 Å². The highest BCUT2D eigenvalue weighted by Gasteiger charge is 2.19. The van der Waals surface area contributed by atoms with Crippen LogP contribution < -0.4 is 5.32 Å². The van der Waals surface area contributed by atoms with Crippen molar-refractivity contribution in [1.29, 1.82) is 0 Å². The van der Waals surface area contributed by atoms with Gasteiger partial charge in [0.25, 0.3) is 0 Å². The van der Waals surface area contributed by atoms with Gasteiger partial charge in [-0.1, -0.05) is 22.0 Å². The molecular formula is C13H12Br2FNS. The van der Waals surface area contributed by atoms with Crippen molar-refractivity contribution in [3.8, 4) is 0 Å². The predicted molar refractivity (Wildman–Crippen MR) is 81.8 cm³/mol. The first kappa shape index (κ1) is 14.2. The highest BCUT2D eigenvalue weighted by Crippen LogP contribution is 2.35. The van der Waals surface area contributed by atoms with E-state index in [0.29, 0.717) is 5.56 Å². The number of thiophene rings is 1. The quantitative estimate of drug-likeness (QED) is 0.772. The van der Waals surface area contributed by atoms with Gasteiger partial charge in [-0.2, -0.15) is 0 Å². The van der Waals surface area contributed by atoms with Gasteiger partial charge in [0.15, 0.2) is 0 Å². The Hall–Kier alpha value is -0.230. The summed E-state index contributed by atoms with van der Waals surface area (Å²) in [7, 11) is 1.84. The van der Waals surface area contributed by atoms with Crippen LogP contribution in [0.5, 0.6) is 0 Å². The monoisotopic (exact) mass is 391 g/mol. The Morgan fingerprint density at radius 3 is 2.50 bits per heavy atom. The lowest BCUT2D eigenvalue weighted by molar-refractivity contribution is 0.578. The lowest BCUT2D eigenvalue weighted by atomic mass is 10.0. The highest BCUT2D eigenvalue weighted by molar-refractivity contribution is 9.11. The summed E-state index contributed by atoms with van der Waals surface area (Å²) in [5.41, 5.74) is 1.84.